The average molecular weight is 298 g/mol. The van der Waals surface area contributed by atoms with Gasteiger partial charge in [-0.1, -0.05) is 26.5 Å². The van der Waals surface area contributed by atoms with Crippen LogP contribution in [-0.2, 0) is 9.59 Å². The maximum atomic E-state index is 11.2. The first-order chi connectivity index (χ1) is 9.56. The van der Waals surface area contributed by atoms with Crippen LogP contribution < -0.4 is 0 Å². The molecule has 0 bridgehead atoms. The van der Waals surface area contributed by atoms with Crippen molar-refractivity contribution in [2.75, 3.05) is 0 Å². The Labute approximate surface area is 123 Å². The van der Waals surface area contributed by atoms with Crippen molar-refractivity contribution in [1.29, 1.82) is 0 Å². The predicted molar refractivity (Wildman–Crippen MR) is 75.5 cm³/mol. The Kier molecular flexibility index (Phi) is 4.96. The first-order valence-corrected chi connectivity index (χ1v) is 6.71. The van der Waals surface area contributed by atoms with Crippen molar-refractivity contribution < 1.29 is 30.0 Å². The molecule has 0 aromatic heterocycles. The average Bonchev–Trinajstić information content (AvgIpc) is 2.37. The summed E-state index contributed by atoms with van der Waals surface area (Å²) < 4.78 is 0. The van der Waals surface area contributed by atoms with E-state index in [-0.39, 0.29) is 12.0 Å². The minimum atomic E-state index is -1.33. The lowest BCUT2D eigenvalue weighted by atomic mass is 9.57. The van der Waals surface area contributed by atoms with Gasteiger partial charge in [-0.15, -0.1) is 6.58 Å². The van der Waals surface area contributed by atoms with Gasteiger partial charge in [0.15, 0.2) is 0 Å². The lowest BCUT2D eigenvalue weighted by Crippen LogP contribution is -2.55. The van der Waals surface area contributed by atoms with Gasteiger partial charge in [0.05, 0.1) is 18.1 Å². The second kappa shape index (κ2) is 5.99. The van der Waals surface area contributed by atoms with Gasteiger partial charge in [0.2, 0.25) is 0 Å². The largest absolute Gasteiger partial charge is 0.481 e. The van der Waals surface area contributed by atoms with Gasteiger partial charge < -0.3 is 20.4 Å². The van der Waals surface area contributed by atoms with Crippen molar-refractivity contribution in [2.45, 2.75) is 32.5 Å². The Bertz CT molecular complexity index is 471. The molecule has 0 radical (unpaired) electrons. The number of aliphatic hydroxyl groups is 2. The monoisotopic (exact) mass is 298 g/mol. The zero-order chi connectivity index (χ0) is 16.5. The molecule has 21 heavy (non-hydrogen) atoms. The molecule has 6 nitrogen and oxygen atoms in total. The Morgan fingerprint density at radius 2 is 1.86 bits per heavy atom. The number of carboxylic acid groups (broad SMARTS) is 2. The minimum absolute atomic E-state index is 0.118. The standard InChI is InChI=1S/C15H22O6/c1-5-15(4)6-9(16)10(7(2)13(18)19)12(17)11(15)8(3)14(20)21/h5,7,9-12,16-17H,1,3,6H2,2,4H3,(H,18,19)(H,20,21)/t7?,9-,10+,11+,12-,15+/m0/s1. The van der Waals surface area contributed by atoms with E-state index < -0.39 is 47.3 Å². The number of carbonyl (C=O) groups is 2. The number of rotatable bonds is 5. The van der Waals surface area contributed by atoms with Gasteiger partial charge in [-0.05, 0) is 11.8 Å². The zero-order valence-electron chi connectivity index (χ0n) is 12.2. The van der Waals surface area contributed by atoms with E-state index in [9.17, 15) is 19.8 Å². The summed E-state index contributed by atoms with van der Waals surface area (Å²) in [5, 5.41) is 39.0. The van der Waals surface area contributed by atoms with E-state index in [2.05, 4.69) is 13.2 Å². The van der Waals surface area contributed by atoms with E-state index in [4.69, 9.17) is 10.2 Å². The highest BCUT2D eigenvalue weighted by atomic mass is 16.4. The summed E-state index contributed by atoms with van der Waals surface area (Å²) in [5.74, 6) is -5.28. The summed E-state index contributed by atoms with van der Waals surface area (Å²) in [7, 11) is 0. The molecule has 6 atom stereocenters. The van der Waals surface area contributed by atoms with Crippen LogP contribution in [0.5, 0.6) is 0 Å². The molecule has 1 aliphatic carbocycles. The molecule has 1 fully saturated rings. The smallest absolute Gasteiger partial charge is 0.331 e. The summed E-state index contributed by atoms with van der Waals surface area (Å²) in [6.07, 6.45) is -0.787. The number of aliphatic hydroxyl groups excluding tert-OH is 2. The van der Waals surface area contributed by atoms with Gasteiger partial charge in [0, 0.05) is 17.4 Å². The van der Waals surface area contributed by atoms with Crippen molar-refractivity contribution in [3.8, 4) is 0 Å². The summed E-state index contributed by atoms with van der Waals surface area (Å²) in [5.41, 5.74) is -1.08. The molecule has 0 aromatic rings. The van der Waals surface area contributed by atoms with Gasteiger partial charge >= 0.3 is 11.9 Å². The van der Waals surface area contributed by atoms with Crippen molar-refractivity contribution in [3.63, 3.8) is 0 Å². The molecule has 118 valence electrons. The molecule has 6 heteroatoms. The lowest BCUT2D eigenvalue weighted by molar-refractivity contribution is -0.158. The first kappa shape index (κ1) is 17.4. The highest BCUT2D eigenvalue weighted by molar-refractivity contribution is 5.87. The van der Waals surface area contributed by atoms with Crippen LogP contribution in [0.2, 0.25) is 0 Å². The maximum Gasteiger partial charge on any atom is 0.331 e. The third-order valence-corrected chi connectivity index (χ3v) is 4.62. The van der Waals surface area contributed by atoms with E-state index in [1.54, 1.807) is 6.92 Å². The quantitative estimate of drug-likeness (QED) is 0.443. The predicted octanol–water partition coefficient (Wildman–Crippen LogP) is 0.898. The van der Waals surface area contributed by atoms with E-state index in [1.165, 1.54) is 13.0 Å². The molecular formula is C15H22O6. The van der Waals surface area contributed by atoms with Crippen LogP contribution >= 0.6 is 0 Å². The maximum absolute atomic E-state index is 11.2. The molecule has 1 aliphatic rings. The van der Waals surface area contributed by atoms with Crippen molar-refractivity contribution >= 4 is 11.9 Å². The summed E-state index contributed by atoms with van der Waals surface area (Å²) >= 11 is 0. The highest BCUT2D eigenvalue weighted by Crippen LogP contribution is 2.49. The third kappa shape index (κ3) is 3.01. The van der Waals surface area contributed by atoms with Crippen LogP contribution in [0.25, 0.3) is 0 Å². The van der Waals surface area contributed by atoms with E-state index in [0.29, 0.717) is 0 Å². The van der Waals surface area contributed by atoms with Gasteiger partial charge in [-0.3, -0.25) is 4.79 Å². The van der Waals surface area contributed by atoms with Crippen molar-refractivity contribution in [3.05, 3.63) is 24.8 Å². The van der Waals surface area contributed by atoms with Gasteiger partial charge in [-0.25, -0.2) is 4.79 Å². The fourth-order valence-electron chi connectivity index (χ4n) is 3.29. The molecule has 1 unspecified atom stereocenters. The second-order valence-electron chi connectivity index (χ2n) is 5.98. The fourth-order valence-corrected chi connectivity index (χ4v) is 3.29. The number of aliphatic carboxylic acids is 2. The molecule has 1 saturated carbocycles. The van der Waals surface area contributed by atoms with Crippen molar-refractivity contribution in [1.82, 2.24) is 0 Å². The van der Waals surface area contributed by atoms with E-state index >= 15 is 0 Å². The van der Waals surface area contributed by atoms with Gasteiger partial charge in [0.1, 0.15) is 0 Å². The van der Waals surface area contributed by atoms with Crippen LogP contribution in [-0.4, -0.2) is 44.6 Å². The van der Waals surface area contributed by atoms with Crippen LogP contribution in [0, 0.1) is 23.2 Å². The number of carboxylic acids is 2. The van der Waals surface area contributed by atoms with Crippen LogP contribution in [0.3, 0.4) is 0 Å². The Hall–Kier alpha value is -1.66. The second-order valence-corrected chi connectivity index (χ2v) is 5.98. The zero-order valence-corrected chi connectivity index (χ0v) is 12.2. The summed E-state index contributed by atoms with van der Waals surface area (Å²) in [6.45, 7) is 10.2. The molecule has 1 rings (SSSR count). The van der Waals surface area contributed by atoms with Gasteiger partial charge in [0.25, 0.3) is 0 Å². The lowest BCUT2D eigenvalue weighted by Gasteiger charge is -2.49. The van der Waals surface area contributed by atoms with Crippen LogP contribution in [0.15, 0.2) is 24.8 Å². The number of hydrogen-bond acceptors (Lipinski definition) is 4. The minimum Gasteiger partial charge on any atom is -0.481 e. The number of allylic oxidation sites excluding steroid dienone is 1. The Morgan fingerprint density at radius 1 is 1.33 bits per heavy atom. The SMILES string of the molecule is C=C[C@]1(C)C[C@H](O)[C@@H](C(C)C(=O)O)[C@H](O)[C@H]1C(=C)C(=O)O. The summed E-state index contributed by atoms with van der Waals surface area (Å²) in [6, 6.07) is 0. The molecule has 4 N–H and O–H groups in total. The number of hydrogen-bond donors (Lipinski definition) is 4. The van der Waals surface area contributed by atoms with E-state index in [0.717, 1.165) is 0 Å². The van der Waals surface area contributed by atoms with Gasteiger partial charge in [-0.2, -0.15) is 0 Å². The third-order valence-electron chi connectivity index (χ3n) is 4.62. The molecule has 0 spiro atoms. The van der Waals surface area contributed by atoms with Crippen LogP contribution in [0.4, 0.5) is 0 Å². The molecule has 0 amide bonds. The molecule has 0 aliphatic heterocycles. The fraction of sp³-hybridized carbons (Fsp3) is 0.600. The first-order valence-electron chi connectivity index (χ1n) is 6.71. The summed E-state index contributed by atoms with van der Waals surface area (Å²) in [4.78, 5) is 22.4. The van der Waals surface area contributed by atoms with E-state index in [1.807, 2.05) is 0 Å². The Morgan fingerprint density at radius 3 is 2.24 bits per heavy atom. The molecular weight excluding hydrogens is 276 g/mol. The topological polar surface area (TPSA) is 115 Å². The molecule has 0 saturated heterocycles. The Balaban J connectivity index is 3.28. The van der Waals surface area contributed by atoms with Crippen LogP contribution in [0.1, 0.15) is 20.3 Å². The molecule has 0 heterocycles. The highest BCUT2D eigenvalue weighted by Gasteiger charge is 2.53. The normalized spacial score (nSPS) is 37.5. The molecule has 0 aromatic carbocycles. The van der Waals surface area contributed by atoms with Crippen molar-refractivity contribution in [2.24, 2.45) is 23.2 Å².